The number of hydrogen-bond acceptors (Lipinski definition) is 4. The van der Waals surface area contributed by atoms with Crippen LogP contribution in [0, 0.1) is 0 Å². The van der Waals surface area contributed by atoms with E-state index in [0.717, 1.165) is 16.4 Å². The quantitative estimate of drug-likeness (QED) is 0.887. The van der Waals surface area contributed by atoms with E-state index in [1.165, 1.54) is 0 Å². The maximum atomic E-state index is 6.00. The largest absolute Gasteiger partial charge is 0.495 e. The predicted molar refractivity (Wildman–Crippen MR) is 86.1 cm³/mol. The molecule has 3 nitrogen and oxygen atoms in total. The van der Waals surface area contributed by atoms with E-state index in [2.05, 4.69) is 36.5 Å². The van der Waals surface area contributed by atoms with Crippen LogP contribution in [0.4, 0.5) is 5.69 Å². The molecule has 0 aliphatic carbocycles. The second kappa shape index (κ2) is 6.02. The average Bonchev–Trinajstić information content (AvgIpc) is 2.86. The summed E-state index contributed by atoms with van der Waals surface area (Å²) in [5, 5.41) is 7.15. The second-order valence-corrected chi connectivity index (χ2v) is 6.93. The fourth-order valence-corrected chi connectivity index (χ4v) is 2.84. The molecule has 108 valence electrons. The molecule has 2 aromatic rings. The zero-order chi connectivity index (χ0) is 14.8. The number of nitrogens with zero attached hydrogens (tertiary/aromatic N) is 1. The van der Waals surface area contributed by atoms with Crippen molar-refractivity contribution in [1.82, 2.24) is 4.98 Å². The first-order valence-corrected chi connectivity index (χ1v) is 7.68. The van der Waals surface area contributed by atoms with Crippen molar-refractivity contribution in [2.75, 3.05) is 12.4 Å². The Bertz CT molecular complexity index is 590. The van der Waals surface area contributed by atoms with Gasteiger partial charge in [-0.15, -0.1) is 11.3 Å². The third-order valence-corrected chi connectivity index (χ3v) is 4.08. The van der Waals surface area contributed by atoms with E-state index < -0.39 is 0 Å². The van der Waals surface area contributed by atoms with Gasteiger partial charge in [0.15, 0.2) is 0 Å². The molecule has 1 heterocycles. The molecule has 0 unspecified atom stereocenters. The Balaban J connectivity index is 2.04. The first-order valence-electron chi connectivity index (χ1n) is 6.42. The molecule has 0 aliphatic heterocycles. The average molecular weight is 311 g/mol. The molecule has 0 radical (unpaired) electrons. The van der Waals surface area contributed by atoms with Crippen LogP contribution in [0.1, 0.15) is 31.5 Å². The SMILES string of the molecule is COc1cc(NCc2nc(C(C)(C)C)cs2)ccc1Cl. The molecule has 0 bridgehead atoms. The van der Waals surface area contributed by atoms with Crippen molar-refractivity contribution in [3.05, 3.63) is 39.3 Å². The van der Waals surface area contributed by atoms with Gasteiger partial charge in [0.05, 0.1) is 24.4 Å². The van der Waals surface area contributed by atoms with Crippen molar-refractivity contribution in [3.63, 3.8) is 0 Å². The lowest BCUT2D eigenvalue weighted by Gasteiger charge is -2.14. The van der Waals surface area contributed by atoms with Crippen molar-refractivity contribution in [2.45, 2.75) is 32.7 Å². The van der Waals surface area contributed by atoms with Crippen LogP contribution in [-0.2, 0) is 12.0 Å². The molecule has 0 amide bonds. The first-order chi connectivity index (χ1) is 9.40. The van der Waals surface area contributed by atoms with Gasteiger partial charge in [0.1, 0.15) is 10.8 Å². The van der Waals surface area contributed by atoms with E-state index in [0.29, 0.717) is 17.3 Å². The summed E-state index contributed by atoms with van der Waals surface area (Å²) in [6.45, 7) is 7.21. The highest BCUT2D eigenvalue weighted by Gasteiger charge is 2.17. The lowest BCUT2D eigenvalue weighted by Crippen LogP contribution is -2.11. The van der Waals surface area contributed by atoms with Gasteiger partial charge in [-0.25, -0.2) is 4.98 Å². The van der Waals surface area contributed by atoms with E-state index in [1.54, 1.807) is 18.4 Å². The lowest BCUT2D eigenvalue weighted by molar-refractivity contribution is 0.415. The zero-order valence-electron chi connectivity index (χ0n) is 12.2. The van der Waals surface area contributed by atoms with Crippen LogP contribution in [-0.4, -0.2) is 12.1 Å². The number of thiazole rings is 1. The topological polar surface area (TPSA) is 34.1 Å². The number of halogens is 1. The highest BCUT2D eigenvalue weighted by Crippen LogP contribution is 2.28. The maximum Gasteiger partial charge on any atom is 0.139 e. The van der Waals surface area contributed by atoms with Crippen molar-refractivity contribution in [1.29, 1.82) is 0 Å². The second-order valence-electron chi connectivity index (χ2n) is 5.58. The molecule has 0 fully saturated rings. The Labute approximate surface area is 129 Å². The lowest BCUT2D eigenvalue weighted by atomic mass is 9.93. The molecular weight excluding hydrogens is 292 g/mol. The van der Waals surface area contributed by atoms with Gasteiger partial charge in [-0.2, -0.15) is 0 Å². The molecule has 20 heavy (non-hydrogen) atoms. The number of benzene rings is 1. The fourth-order valence-electron chi connectivity index (χ4n) is 1.68. The van der Waals surface area contributed by atoms with Crippen LogP contribution in [0.5, 0.6) is 5.75 Å². The Kier molecular flexibility index (Phi) is 4.55. The predicted octanol–water partition coefficient (Wildman–Crippen LogP) is 4.71. The normalized spacial score (nSPS) is 11.4. The van der Waals surface area contributed by atoms with Gasteiger partial charge in [0.25, 0.3) is 0 Å². The minimum atomic E-state index is 0.0955. The smallest absolute Gasteiger partial charge is 0.139 e. The van der Waals surface area contributed by atoms with Crippen LogP contribution in [0.25, 0.3) is 0 Å². The van der Waals surface area contributed by atoms with Gasteiger partial charge in [0.2, 0.25) is 0 Å². The minimum Gasteiger partial charge on any atom is -0.495 e. The summed E-state index contributed by atoms with van der Waals surface area (Å²) in [6, 6.07) is 5.65. The molecule has 0 saturated carbocycles. The van der Waals surface area contributed by atoms with Crippen LogP contribution in [0.15, 0.2) is 23.6 Å². The monoisotopic (exact) mass is 310 g/mol. The van der Waals surface area contributed by atoms with Gasteiger partial charge >= 0.3 is 0 Å². The summed E-state index contributed by atoms with van der Waals surface area (Å²) in [7, 11) is 1.61. The molecule has 1 aromatic heterocycles. The highest BCUT2D eigenvalue weighted by molar-refractivity contribution is 7.09. The van der Waals surface area contributed by atoms with Gasteiger partial charge < -0.3 is 10.1 Å². The number of nitrogens with one attached hydrogen (secondary N) is 1. The number of anilines is 1. The Hall–Kier alpha value is -1.26. The summed E-state index contributed by atoms with van der Waals surface area (Å²) >= 11 is 7.68. The molecular formula is C15H19ClN2OS. The summed E-state index contributed by atoms with van der Waals surface area (Å²) in [5.74, 6) is 0.672. The summed E-state index contributed by atoms with van der Waals surface area (Å²) in [4.78, 5) is 4.66. The van der Waals surface area contributed by atoms with E-state index in [1.807, 2.05) is 18.2 Å². The van der Waals surface area contributed by atoms with Crippen LogP contribution in [0.2, 0.25) is 5.02 Å². The maximum absolute atomic E-state index is 6.00. The first kappa shape index (κ1) is 15.1. The number of aromatic nitrogens is 1. The van der Waals surface area contributed by atoms with E-state index in [4.69, 9.17) is 16.3 Å². The van der Waals surface area contributed by atoms with Crippen molar-refractivity contribution in [2.24, 2.45) is 0 Å². The molecule has 5 heteroatoms. The van der Waals surface area contributed by atoms with Crippen LogP contribution < -0.4 is 10.1 Å². The fraction of sp³-hybridized carbons (Fsp3) is 0.400. The zero-order valence-corrected chi connectivity index (χ0v) is 13.7. The Morgan fingerprint density at radius 1 is 1.35 bits per heavy atom. The Morgan fingerprint density at radius 3 is 2.70 bits per heavy atom. The molecule has 1 N–H and O–H groups in total. The molecule has 2 rings (SSSR count). The number of rotatable bonds is 4. The van der Waals surface area contributed by atoms with E-state index >= 15 is 0 Å². The minimum absolute atomic E-state index is 0.0955. The summed E-state index contributed by atoms with van der Waals surface area (Å²) in [5.41, 5.74) is 2.20. The molecule has 0 atom stereocenters. The van der Waals surface area contributed by atoms with E-state index in [-0.39, 0.29) is 5.41 Å². The third kappa shape index (κ3) is 3.64. The summed E-state index contributed by atoms with van der Waals surface area (Å²) in [6.07, 6.45) is 0. The van der Waals surface area contributed by atoms with Crippen molar-refractivity contribution >= 4 is 28.6 Å². The van der Waals surface area contributed by atoms with Gasteiger partial charge in [-0.3, -0.25) is 0 Å². The van der Waals surface area contributed by atoms with Crippen LogP contribution in [0.3, 0.4) is 0 Å². The molecule has 1 aromatic carbocycles. The third-order valence-electron chi connectivity index (χ3n) is 2.92. The van der Waals surface area contributed by atoms with Crippen molar-refractivity contribution < 1.29 is 4.74 Å². The summed E-state index contributed by atoms with van der Waals surface area (Å²) < 4.78 is 5.20. The van der Waals surface area contributed by atoms with Crippen molar-refractivity contribution in [3.8, 4) is 5.75 Å². The van der Waals surface area contributed by atoms with Crippen LogP contribution >= 0.6 is 22.9 Å². The molecule has 0 aliphatic rings. The highest BCUT2D eigenvalue weighted by atomic mass is 35.5. The number of ether oxygens (including phenoxy) is 1. The standard InChI is InChI=1S/C15H19ClN2OS/c1-15(2,3)13-9-20-14(18-13)8-17-10-5-6-11(16)12(7-10)19-4/h5-7,9,17H,8H2,1-4H3. The number of methoxy groups -OCH3 is 1. The molecule has 0 spiro atoms. The molecule has 0 saturated heterocycles. The van der Waals surface area contributed by atoms with E-state index in [9.17, 15) is 0 Å². The van der Waals surface area contributed by atoms with Gasteiger partial charge in [-0.1, -0.05) is 32.4 Å². The van der Waals surface area contributed by atoms with Gasteiger partial charge in [-0.05, 0) is 12.1 Å². The van der Waals surface area contributed by atoms with Gasteiger partial charge in [0, 0.05) is 22.5 Å². The Morgan fingerprint density at radius 2 is 2.10 bits per heavy atom. The number of hydrogen-bond donors (Lipinski definition) is 1.